The van der Waals surface area contributed by atoms with Crippen LogP contribution in [-0.4, -0.2) is 42.7 Å². The van der Waals surface area contributed by atoms with Gasteiger partial charge in [-0.15, -0.1) is 0 Å². The van der Waals surface area contributed by atoms with E-state index in [9.17, 15) is 14.7 Å². The first kappa shape index (κ1) is 19.9. The van der Waals surface area contributed by atoms with E-state index in [2.05, 4.69) is 19.9 Å². The van der Waals surface area contributed by atoms with E-state index >= 15 is 0 Å². The van der Waals surface area contributed by atoms with E-state index in [-0.39, 0.29) is 11.3 Å². The topological polar surface area (TPSA) is 141 Å². The Bertz CT molecular complexity index is 1370. The molecule has 4 N–H and O–H groups in total. The Morgan fingerprint density at radius 3 is 2.81 bits per heavy atom. The highest BCUT2D eigenvalue weighted by Crippen LogP contribution is 2.34. The third-order valence-electron chi connectivity index (χ3n) is 4.52. The molecule has 0 fully saturated rings. The van der Waals surface area contributed by atoms with Crippen molar-refractivity contribution in [2.45, 2.75) is 6.92 Å². The van der Waals surface area contributed by atoms with Crippen LogP contribution in [0.5, 0.6) is 11.5 Å². The van der Waals surface area contributed by atoms with Crippen LogP contribution >= 0.6 is 0 Å². The minimum atomic E-state index is -1.08. The summed E-state index contributed by atoms with van der Waals surface area (Å²) in [7, 11) is 0. The Labute approximate surface area is 175 Å². The molecule has 0 saturated carbocycles. The number of nitrogens with one attached hydrogen (secondary N) is 2. The number of phenols is 1. The van der Waals surface area contributed by atoms with E-state index in [1.165, 1.54) is 18.5 Å². The number of H-pyrrole nitrogens is 2. The molecule has 9 heteroatoms. The lowest BCUT2D eigenvalue weighted by atomic mass is 10.00. The maximum Gasteiger partial charge on any atom is 0.328 e. The molecule has 0 saturated heterocycles. The van der Waals surface area contributed by atoms with Crippen LogP contribution in [0.3, 0.4) is 0 Å². The highest BCUT2D eigenvalue weighted by molar-refractivity contribution is 5.86. The average molecular weight is 418 g/mol. The van der Waals surface area contributed by atoms with Crippen LogP contribution in [0, 0.1) is 0 Å². The molecule has 0 radical (unpaired) electrons. The molecule has 9 nitrogen and oxygen atoms in total. The highest BCUT2D eigenvalue weighted by Gasteiger charge is 2.14. The molecule has 0 amide bonds. The Balaban J connectivity index is 1.80. The Morgan fingerprint density at radius 2 is 2.03 bits per heavy atom. The van der Waals surface area contributed by atoms with Gasteiger partial charge in [0.25, 0.3) is 5.56 Å². The second-order valence-electron chi connectivity index (χ2n) is 6.64. The summed E-state index contributed by atoms with van der Waals surface area (Å²) in [6.07, 6.45) is 3.80. The van der Waals surface area contributed by atoms with Crippen LogP contribution < -0.4 is 10.3 Å². The fraction of sp³-hybridized carbons (Fsp3) is 0.0909. The molecule has 0 bridgehead atoms. The van der Waals surface area contributed by atoms with E-state index in [1.807, 2.05) is 6.92 Å². The molecule has 4 aromatic rings. The van der Waals surface area contributed by atoms with Crippen molar-refractivity contribution in [3.05, 3.63) is 64.7 Å². The van der Waals surface area contributed by atoms with E-state index in [0.29, 0.717) is 46.0 Å². The number of aromatic amines is 2. The third kappa shape index (κ3) is 4.15. The van der Waals surface area contributed by atoms with Crippen molar-refractivity contribution in [1.29, 1.82) is 0 Å². The predicted molar refractivity (Wildman–Crippen MR) is 115 cm³/mol. The van der Waals surface area contributed by atoms with Gasteiger partial charge in [-0.25, -0.2) is 14.8 Å². The lowest BCUT2D eigenvalue weighted by Crippen LogP contribution is -2.10. The minimum Gasteiger partial charge on any atom is -0.508 e. The molecule has 0 unspecified atom stereocenters. The summed E-state index contributed by atoms with van der Waals surface area (Å²) in [5, 5.41) is 18.9. The van der Waals surface area contributed by atoms with Crippen LogP contribution in [0.1, 0.15) is 12.5 Å². The first-order valence-corrected chi connectivity index (χ1v) is 9.40. The van der Waals surface area contributed by atoms with Gasteiger partial charge in [-0.2, -0.15) is 0 Å². The largest absolute Gasteiger partial charge is 0.508 e. The average Bonchev–Trinajstić information content (AvgIpc) is 3.21. The molecule has 31 heavy (non-hydrogen) atoms. The monoisotopic (exact) mass is 418 g/mol. The van der Waals surface area contributed by atoms with Crippen molar-refractivity contribution in [3.8, 4) is 34.0 Å². The number of phenolic OH excluding ortho intramolecular Hbond substituents is 1. The molecule has 0 atom stereocenters. The molecule has 0 aliphatic heterocycles. The number of aromatic nitrogens is 4. The van der Waals surface area contributed by atoms with Gasteiger partial charge in [0.2, 0.25) is 0 Å². The number of rotatable bonds is 6. The molecule has 0 aliphatic rings. The molecule has 0 aliphatic carbocycles. The van der Waals surface area contributed by atoms with Gasteiger partial charge in [0, 0.05) is 6.08 Å². The molecule has 156 valence electrons. The number of imidazole rings is 1. The SMILES string of the molecule is CCOc1cc(-c2cc(O)cc(/C=C/C(=O)O)c2)ccc1-c1nc2nc[nH]c2c(=O)[nH]1. The Hall–Kier alpha value is -4.40. The highest BCUT2D eigenvalue weighted by atomic mass is 16.5. The van der Waals surface area contributed by atoms with E-state index in [4.69, 9.17) is 9.84 Å². The zero-order valence-electron chi connectivity index (χ0n) is 16.4. The zero-order valence-corrected chi connectivity index (χ0v) is 16.4. The second kappa shape index (κ2) is 8.15. The summed E-state index contributed by atoms with van der Waals surface area (Å²) in [6.45, 7) is 2.23. The Kier molecular flexibility index (Phi) is 5.23. The molecule has 2 heterocycles. The van der Waals surface area contributed by atoms with Crippen LogP contribution in [0.2, 0.25) is 0 Å². The first-order chi connectivity index (χ1) is 14.9. The number of fused-ring (bicyclic) bond motifs is 1. The van der Waals surface area contributed by atoms with Crippen molar-refractivity contribution in [1.82, 2.24) is 19.9 Å². The molecule has 2 aromatic carbocycles. The number of ether oxygens (including phenoxy) is 1. The van der Waals surface area contributed by atoms with Gasteiger partial charge in [-0.1, -0.05) is 6.07 Å². The van der Waals surface area contributed by atoms with E-state index < -0.39 is 5.97 Å². The normalized spacial score (nSPS) is 11.3. The maximum atomic E-state index is 12.3. The maximum absolute atomic E-state index is 12.3. The van der Waals surface area contributed by atoms with Gasteiger partial charge >= 0.3 is 5.97 Å². The van der Waals surface area contributed by atoms with Gasteiger partial charge in [-0.05, 0) is 60.0 Å². The number of carboxylic acids is 1. The van der Waals surface area contributed by atoms with Crippen molar-refractivity contribution in [2.24, 2.45) is 0 Å². The first-order valence-electron chi connectivity index (χ1n) is 9.40. The van der Waals surface area contributed by atoms with Crippen LogP contribution in [0.15, 0.2) is 53.6 Å². The van der Waals surface area contributed by atoms with Gasteiger partial charge in [0.15, 0.2) is 11.2 Å². The molecular formula is C22H18N4O5. The Morgan fingerprint density at radius 1 is 1.19 bits per heavy atom. The van der Waals surface area contributed by atoms with Crippen LogP contribution in [0.4, 0.5) is 0 Å². The second-order valence-corrected chi connectivity index (χ2v) is 6.64. The smallest absolute Gasteiger partial charge is 0.328 e. The lowest BCUT2D eigenvalue weighted by Gasteiger charge is -2.13. The van der Waals surface area contributed by atoms with Gasteiger partial charge < -0.3 is 24.9 Å². The van der Waals surface area contributed by atoms with Gasteiger partial charge in [0.05, 0.1) is 18.5 Å². The summed E-state index contributed by atoms with van der Waals surface area (Å²) >= 11 is 0. The van der Waals surface area contributed by atoms with Crippen LogP contribution in [0.25, 0.3) is 39.8 Å². The number of benzene rings is 2. The van der Waals surface area contributed by atoms with Gasteiger partial charge in [-0.3, -0.25) is 4.79 Å². The fourth-order valence-electron chi connectivity index (χ4n) is 3.21. The zero-order chi connectivity index (χ0) is 22.0. The van der Waals surface area contributed by atoms with Crippen LogP contribution in [-0.2, 0) is 4.79 Å². The standard InChI is InChI=1S/C22H18N4O5/c1-2-31-17-10-13(14-7-12(3-6-18(28)29)8-15(27)9-14)4-5-16(17)20-25-21-19(22(30)26-20)23-11-24-21/h3-11,27H,2H2,1H3,(H,28,29)(H2,23,24,25,26,30)/b6-3+. The van der Waals surface area contributed by atoms with E-state index in [1.54, 1.807) is 30.3 Å². The minimum absolute atomic E-state index is 0.000411. The van der Waals surface area contributed by atoms with E-state index in [0.717, 1.165) is 11.6 Å². The molecule has 4 rings (SSSR count). The molecular weight excluding hydrogens is 400 g/mol. The third-order valence-corrected chi connectivity index (χ3v) is 4.52. The quantitative estimate of drug-likeness (QED) is 0.352. The van der Waals surface area contributed by atoms with Crippen molar-refractivity contribution < 1.29 is 19.7 Å². The number of hydrogen-bond acceptors (Lipinski definition) is 6. The number of hydrogen-bond donors (Lipinski definition) is 4. The summed E-state index contributed by atoms with van der Waals surface area (Å²) in [5.41, 5.74) is 2.77. The number of aliphatic carboxylic acids is 1. The number of carboxylic acid groups (broad SMARTS) is 1. The molecule has 2 aromatic heterocycles. The predicted octanol–water partition coefficient (Wildman–Crippen LogP) is 3.18. The van der Waals surface area contributed by atoms with Crippen molar-refractivity contribution >= 4 is 23.2 Å². The fourth-order valence-corrected chi connectivity index (χ4v) is 3.21. The summed E-state index contributed by atoms with van der Waals surface area (Å²) < 4.78 is 5.78. The van der Waals surface area contributed by atoms with Gasteiger partial charge in [0.1, 0.15) is 17.3 Å². The summed E-state index contributed by atoms with van der Waals surface area (Å²) in [6, 6.07) is 10.1. The van der Waals surface area contributed by atoms with Crippen molar-refractivity contribution in [3.63, 3.8) is 0 Å². The number of aromatic hydroxyl groups is 1. The summed E-state index contributed by atoms with van der Waals surface area (Å²) in [4.78, 5) is 37.0. The summed E-state index contributed by atoms with van der Waals surface area (Å²) in [5.74, 6) is -0.271. The van der Waals surface area contributed by atoms with Crippen molar-refractivity contribution in [2.75, 3.05) is 6.61 Å². The molecule has 0 spiro atoms. The number of nitrogens with zero attached hydrogens (tertiary/aromatic N) is 2. The lowest BCUT2D eigenvalue weighted by molar-refractivity contribution is -0.131. The number of carbonyl (C=O) groups is 1.